The quantitative estimate of drug-likeness (QED) is 0.287. The highest BCUT2D eigenvalue weighted by molar-refractivity contribution is 7.86. The molecule has 0 aliphatic carbocycles. The van der Waals surface area contributed by atoms with Gasteiger partial charge in [0.2, 0.25) is 0 Å². The Balaban J connectivity index is 1.66. The summed E-state index contributed by atoms with van der Waals surface area (Å²) in [6.45, 7) is 1.45. The molecule has 1 N–H and O–H groups in total. The number of hydrogen-bond donors (Lipinski definition) is 1. The predicted octanol–water partition coefficient (Wildman–Crippen LogP) is 5.49. The summed E-state index contributed by atoms with van der Waals surface area (Å²) < 4.78 is 70.2. The topological polar surface area (TPSA) is 110 Å². The second-order valence-electron chi connectivity index (χ2n) is 8.33. The van der Waals surface area contributed by atoms with Crippen LogP contribution in [0.5, 0.6) is 5.75 Å². The lowest BCUT2D eigenvalue weighted by molar-refractivity contribution is 0.275. The first-order valence-corrected chi connectivity index (χ1v) is 12.5. The molecule has 3 aromatic carbocycles. The van der Waals surface area contributed by atoms with E-state index in [1.165, 1.54) is 54.2 Å². The van der Waals surface area contributed by atoms with Gasteiger partial charge in [-0.25, -0.2) is 17.4 Å². The lowest BCUT2D eigenvalue weighted by atomic mass is 10.0. The average Bonchev–Trinajstić information content (AvgIpc) is 3.41. The van der Waals surface area contributed by atoms with Gasteiger partial charge in [0.25, 0.3) is 5.56 Å². The van der Waals surface area contributed by atoms with Crippen molar-refractivity contribution >= 4 is 27.7 Å². The third-order valence-electron chi connectivity index (χ3n) is 5.66. The molecule has 0 aliphatic rings. The van der Waals surface area contributed by atoms with Crippen molar-refractivity contribution in [1.82, 2.24) is 9.72 Å². The van der Waals surface area contributed by atoms with Gasteiger partial charge in [0.1, 0.15) is 35.5 Å². The van der Waals surface area contributed by atoms with Gasteiger partial charge in [-0.05, 0) is 55.0 Å². The zero-order valence-corrected chi connectivity index (χ0v) is 20.8. The maximum Gasteiger partial charge on any atom is 0.255 e. The summed E-state index contributed by atoms with van der Waals surface area (Å²) in [5.41, 5.74) is -0.552. The molecule has 0 saturated carbocycles. The smallest absolute Gasteiger partial charge is 0.255 e. The van der Waals surface area contributed by atoms with Gasteiger partial charge in [-0.15, -0.1) is 0 Å². The molecule has 39 heavy (non-hydrogen) atoms. The van der Waals surface area contributed by atoms with Crippen molar-refractivity contribution in [3.05, 3.63) is 101 Å². The molecule has 8 nitrogen and oxygen atoms in total. The minimum Gasteiger partial charge on any atom is -0.474 e. The van der Waals surface area contributed by atoms with E-state index in [9.17, 15) is 23.0 Å². The third-order valence-corrected chi connectivity index (χ3v) is 6.74. The lowest BCUT2D eigenvalue weighted by Gasteiger charge is -2.18. The highest BCUT2D eigenvalue weighted by Crippen LogP contribution is 2.35. The Bertz CT molecular complexity index is 1810. The van der Waals surface area contributed by atoms with Gasteiger partial charge in [0.15, 0.2) is 22.9 Å². The monoisotopic (exact) mass is 550 g/mol. The molecule has 5 rings (SSSR count). The number of aromatic nitrogens is 2. The van der Waals surface area contributed by atoms with E-state index in [-0.39, 0.29) is 28.4 Å². The SMILES string of the molecule is CC(C#N)Oc1cc(-c2cc(F)cc(F)c2)c(F)cc1-n1c(=O)ccc2cc(S(=O)Nc3ccon3)ccc21. The van der Waals surface area contributed by atoms with Gasteiger partial charge in [-0.3, -0.25) is 14.1 Å². The van der Waals surface area contributed by atoms with Crippen LogP contribution >= 0.6 is 0 Å². The van der Waals surface area contributed by atoms with Crippen LogP contribution in [0.4, 0.5) is 19.0 Å². The summed E-state index contributed by atoms with van der Waals surface area (Å²) in [7, 11) is -1.71. The fraction of sp³-hybridized carbons (Fsp3) is 0.0741. The van der Waals surface area contributed by atoms with Crippen molar-refractivity contribution in [2.24, 2.45) is 0 Å². The summed E-state index contributed by atoms with van der Waals surface area (Å²) in [5.74, 6) is -2.50. The molecule has 196 valence electrons. The first-order chi connectivity index (χ1) is 18.7. The second kappa shape index (κ2) is 10.5. The van der Waals surface area contributed by atoms with Crippen LogP contribution in [0.2, 0.25) is 0 Å². The van der Waals surface area contributed by atoms with Crippen LogP contribution in [0, 0.1) is 28.8 Å². The van der Waals surface area contributed by atoms with Gasteiger partial charge in [-0.1, -0.05) is 5.16 Å². The second-order valence-corrected chi connectivity index (χ2v) is 9.54. The van der Waals surface area contributed by atoms with Crippen molar-refractivity contribution in [2.45, 2.75) is 17.9 Å². The molecule has 2 aromatic heterocycles. The minimum absolute atomic E-state index is 0.0413. The predicted molar refractivity (Wildman–Crippen MR) is 137 cm³/mol. The number of ether oxygens (including phenoxy) is 1. The van der Waals surface area contributed by atoms with E-state index < -0.39 is 40.1 Å². The molecule has 0 aliphatic heterocycles. The lowest BCUT2D eigenvalue weighted by Crippen LogP contribution is -2.20. The normalized spacial score (nSPS) is 12.6. The molecule has 2 atom stereocenters. The van der Waals surface area contributed by atoms with Crippen LogP contribution in [0.1, 0.15) is 6.92 Å². The fourth-order valence-corrected chi connectivity index (χ4v) is 4.81. The summed E-state index contributed by atoms with van der Waals surface area (Å²) in [6.07, 6.45) is 0.314. The molecule has 0 saturated heterocycles. The van der Waals surface area contributed by atoms with E-state index in [0.717, 1.165) is 18.2 Å². The Labute approximate surface area is 221 Å². The summed E-state index contributed by atoms with van der Waals surface area (Å²) in [4.78, 5) is 13.4. The molecule has 0 fully saturated rings. The summed E-state index contributed by atoms with van der Waals surface area (Å²) in [6, 6.07) is 15.5. The molecule has 2 heterocycles. The number of halogens is 3. The molecule has 5 aromatic rings. The van der Waals surface area contributed by atoms with Gasteiger partial charge >= 0.3 is 0 Å². The maximum atomic E-state index is 15.4. The first-order valence-electron chi connectivity index (χ1n) is 11.3. The van der Waals surface area contributed by atoms with E-state index in [1.807, 2.05) is 6.07 Å². The minimum atomic E-state index is -1.71. The first kappa shape index (κ1) is 25.7. The summed E-state index contributed by atoms with van der Waals surface area (Å²) in [5, 5.41) is 13.5. The zero-order valence-electron chi connectivity index (χ0n) is 20.0. The third kappa shape index (κ3) is 5.25. The van der Waals surface area contributed by atoms with Crippen LogP contribution in [-0.4, -0.2) is 20.0 Å². The van der Waals surface area contributed by atoms with E-state index in [2.05, 4.69) is 9.88 Å². The number of fused-ring (bicyclic) bond motifs is 1. The summed E-state index contributed by atoms with van der Waals surface area (Å²) >= 11 is 0. The zero-order chi connectivity index (χ0) is 27.7. The largest absolute Gasteiger partial charge is 0.474 e. The molecule has 12 heteroatoms. The number of nitrogens with zero attached hydrogens (tertiary/aromatic N) is 3. The van der Waals surface area contributed by atoms with Crippen LogP contribution in [0.25, 0.3) is 27.7 Å². The van der Waals surface area contributed by atoms with Crippen LogP contribution in [0.3, 0.4) is 0 Å². The Kier molecular flexibility index (Phi) is 6.91. The van der Waals surface area contributed by atoms with Crippen LogP contribution in [-0.2, 0) is 11.0 Å². The number of nitrogens with one attached hydrogen (secondary N) is 1. The fourth-order valence-electron chi connectivity index (χ4n) is 3.97. The van der Waals surface area contributed by atoms with Gasteiger partial charge in [-0.2, -0.15) is 5.26 Å². The Morgan fingerprint density at radius 1 is 1.05 bits per heavy atom. The van der Waals surface area contributed by atoms with Crippen LogP contribution < -0.4 is 15.0 Å². The van der Waals surface area contributed by atoms with Crippen molar-refractivity contribution in [3.8, 4) is 28.6 Å². The van der Waals surface area contributed by atoms with Crippen molar-refractivity contribution in [3.63, 3.8) is 0 Å². The standard InChI is InChI=1S/C27H17F3N4O4S/c1-15(14-31)38-25-12-21(17-8-18(28)11-19(29)9-17)22(30)13-24(25)34-23-4-3-20(10-16(23)2-5-27(34)35)39(36)33-26-6-7-37-32-26/h2-13,15H,1H3,(H,32,33). The molecular weight excluding hydrogens is 533 g/mol. The number of hydrogen-bond acceptors (Lipinski definition) is 6. The average molecular weight is 551 g/mol. The molecule has 0 bridgehead atoms. The Morgan fingerprint density at radius 3 is 2.51 bits per heavy atom. The van der Waals surface area contributed by atoms with Gasteiger partial charge in [0.05, 0.1) is 16.1 Å². The van der Waals surface area contributed by atoms with E-state index in [0.29, 0.717) is 21.9 Å². The Morgan fingerprint density at radius 2 is 1.82 bits per heavy atom. The molecule has 0 radical (unpaired) electrons. The van der Waals surface area contributed by atoms with Gasteiger partial charge in [0, 0.05) is 35.2 Å². The number of anilines is 1. The van der Waals surface area contributed by atoms with Crippen molar-refractivity contribution < 1.29 is 26.6 Å². The number of rotatable bonds is 7. The highest BCUT2D eigenvalue weighted by Gasteiger charge is 2.20. The molecule has 0 spiro atoms. The van der Waals surface area contributed by atoms with Crippen molar-refractivity contribution in [2.75, 3.05) is 4.72 Å². The van der Waals surface area contributed by atoms with E-state index in [4.69, 9.17) is 9.26 Å². The van der Waals surface area contributed by atoms with Crippen molar-refractivity contribution in [1.29, 1.82) is 5.26 Å². The Hall–Kier alpha value is -4.89. The maximum absolute atomic E-state index is 15.4. The highest BCUT2D eigenvalue weighted by atomic mass is 32.2. The molecular formula is C27H17F3N4O4S. The number of nitriles is 1. The van der Waals surface area contributed by atoms with E-state index >= 15 is 4.39 Å². The van der Waals surface area contributed by atoms with Gasteiger partial charge < -0.3 is 9.26 Å². The molecule has 2 unspecified atom stereocenters. The number of pyridine rings is 1. The van der Waals surface area contributed by atoms with Crippen LogP contribution in [0.15, 0.2) is 87.2 Å². The molecule has 0 amide bonds. The number of benzene rings is 3. The van der Waals surface area contributed by atoms with E-state index in [1.54, 1.807) is 6.07 Å².